The van der Waals surface area contributed by atoms with E-state index in [9.17, 15) is 9.59 Å². The second-order valence-corrected chi connectivity index (χ2v) is 9.47. The minimum Gasteiger partial charge on any atom is -0.486 e. The van der Waals surface area contributed by atoms with Crippen molar-refractivity contribution in [3.63, 3.8) is 0 Å². The Labute approximate surface area is 207 Å². The standard InChI is InChI=1S/C25H28N4O5S/c1-17-20(24(31)27-25(26-17)28-8-10-32-11-9-28)5-7-23(30)29(16-19-3-2-14-35-19)18-4-6-21-22(15-18)34-13-12-33-21/h2-4,6,14-15H,5,7-13,16H2,1H3,(H,26,27,31). The summed E-state index contributed by atoms with van der Waals surface area (Å²) in [6.07, 6.45) is 0.490. The fourth-order valence-electron chi connectivity index (χ4n) is 4.26. The number of aryl methyl sites for hydroxylation is 1. The predicted octanol–water partition coefficient (Wildman–Crippen LogP) is 2.91. The van der Waals surface area contributed by atoms with Crippen LogP contribution in [0.3, 0.4) is 0 Å². The molecule has 1 amide bonds. The van der Waals surface area contributed by atoms with Crippen LogP contribution in [0.4, 0.5) is 11.6 Å². The quantitative estimate of drug-likeness (QED) is 0.537. The Bertz CT molecular complexity index is 1240. The van der Waals surface area contributed by atoms with Crippen LogP contribution in [0.5, 0.6) is 11.5 Å². The number of amides is 1. The molecule has 1 N–H and O–H groups in total. The third kappa shape index (κ3) is 5.33. The van der Waals surface area contributed by atoms with Gasteiger partial charge in [-0.2, -0.15) is 0 Å². The molecule has 0 aliphatic carbocycles. The molecule has 10 heteroatoms. The summed E-state index contributed by atoms with van der Waals surface area (Å²) in [4.78, 5) is 38.6. The highest BCUT2D eigenvalue weighted by Crippen LogP contribution is 2.35. The summed E-state index contributed by atoms with van der Waals surface area (Å²) in [5, 5.41) is 1.99. The van der Waals surface area contributed by atoms with Crippen LogP contribution >= 0.6 is 11.3 Å². The van der Waals surface area contributed by atoms with Gasteiger partial charge in [-0.05, 0) is 36.9 Å². The van der Waals surface area contributed by atoms with Crippen LogP contribution in [0.1, 0.15) is 22.6 Å². The molecule has 4 heterocycles. The monoisotopic (exact) mass is 496 g/mol. The number of nitrogens with one attached hydrogen (secondary N) is 1. The third-order valence-electron chi connectivity index (χ3n) is 6.14. The Morgan fingerprint density at radius 3 is 2.69 bits per heavy atom. The van der Waals surface area contributed by atoms with Gasteiger partial charge >= 0.3 is 0 Å². The van der Waals surface area contributed by atoms with Gasteiger partial charge in [0, 0.05) is 47.4 Å². The number of anilines is 2. The maximum atomic E-state index is 13.5. The molecule has 9 nitrogen and oxygen atoms in total. The number of morpholine rings is 1. The summed E-state index contributed by atoms with van der Waals surface area (Å²) in [5.74, 6) is 1.79. The lowest BCUT2D eigenvalue weighted by atomic mass is 10.1. The number of carbonyl (C=O) groups is 1. The molecule has 35 heavy (non-hydrogen) atoms. The van der Waals surface area contributed by atoms with E-state index in [0.717, 1.165) is 10.6 Å². The van der Waals surface area contributed by atoms with Gasteiger partial charge in [-0.1, -0.05) is 6.07 Å². The van der Waals surface area contributed by atoms with E-state index in [2.05, 4.69) is 9.97 Å². The smallest absolute Gasteiger partial charge is 0.255 e. The molecule has 0 bridgehead atoms. The first-order valence-electron chi connectivity index (χ1n) is 11.7. The van der Waals surface area contributed by atoms with Crippen LogP contribution in [0, 0.1) is 6.92 Å². The van der Waals surface area contributed by atoms with Gasteiger partial charge in [0.25, 0.3) is 5.56 Å². The van der Waals surface area contributed by atoms with Crippen molar-refractivity contribution < 1.29 is 19.0 Å². The number of rotatable bonds is 7. The van der Waals surface area contributed by atoms with Gasteiger partial charge in [-0.25, -0.2) is 4.98 Å². The molecule has 0 saturated carbocycles. The van der Waals surface area contributed by atoms with Crippen LogP contribution in [0.25, 0.3) is 0 Å². The second-order valence-electron chi connectivity index (χ2n) is 8.44. The summed E-state index contributed by atoms with van der Waals surface area (Å²) < 4.78 is 16.7. The van der Waals surface area contributed by atoms with Gasteiger partial charge in [0.1, 0.15) is 13.2 Å². The van der Waals surface area contributed by atoms with Crippen molar-refractivity contribution in [2.24, 2.45) is 0 Å². The Morgan fingerprint density at radius 1 is 1.14 bits per heavy atom. The number of thiophene rings is 1. The maximum absolute atomic E-state index is 13.5. The number of aromatic amines is 1. The number of fused-ring (bicyclic) bond motifs is 1. The largest absolute Gasteiger partial charge is 0.486 e. The average Bonchev–Trinajstić information content (AvgIpc) is 3.40. The molecule has 2 aliphatic heterocycles. The van der Waals surface area contributed by atoms with E-state index in [-0.39, 0.29) is 17.9 Å². The summed E-state index contributed by atoms with van der Waals surface area (Å²) in [7, 11) is 0. The van der Waals surface area contributed by atoms with E-state index < -0.39 is 0 Å². The highest BCUT2D eigenvalue weighted by Gasteiger charge is 2.22. The van der Waals surface area contributed by atoms with E-state index in [0.29, 0.717) is 81.2 Å². The highest BCUT2D eigenvalue weighted by molar-refractivity contribution is 7.09. The molecule has 2 aromatic heterocycles. The molecule has 3 aromatic rings. The molecule has 1 aromatic carbocycles. The van der Waals surface area contributed by atoms with Crippen molar-refractivity contribution in [1.82, 2.24) is 9.97 Å². The Morgan fingerprint density at radius 2 is 1.94 bits per heavy atom. The maximum Gasteiger partial charge on any atom is 0.255 e. The van der Waals surface area contributed by atoms with Crippen molar-refractivity contribution in [3.05, 3.63) is 62.2 Å². The zero-order chi connectivity index (χ0) is 24.2. The van der Waals surface area contributed by atoms with Crippen molar-refractivity contribution in [2.75, 3.05) is 49.3 Å². The van der Waals surface area contributed by atoms with E-state index >= 15 is 0 Å². The predicted molar refractivity (Wildman–Crippen MR) is 134 cm³/mol. The van der Waals surface area contributed by atoms with Crippen molar-refractivity contribution in [1.29, 1.82) is 0 Å². The molecule has 184 valence electrons. The molecule has 0 atom stereocenters. The number of H-pyrrole nitrogens is 1. The number of ether oxygens (including phenoxy) is 3. The van der Waals surface area contributed by atoms with Gasteiger partial charge in [0.15, 0.2) is 11.5 Å². The fourth-order valence-corrected chi connectivity index (χ4v) is 4.96. The van der Waals surface area contributed by atoms with Gasteiger partial charge in [0.05, 0.1) is 19.8 Å². The second kappa shape index (κ2) is 10.5. The van der Waals surface area contributed by atoms with E-state index in [1.165, 1.54) is 0 Å². The van der Waals surface area contributed by atoms with E-state index in [4.69, 9.17) is 14.2 Å². The normalized spacial score (nSPS) is 15.2. The fraction of sp³-hybridized carbons (Fsp3) is 0.400. The molecule has 2 aliphatic rings. The Kier molecular flexibility index (Phi) is 7.01. The van der Waals surface area contributed by atoms with Gasteiger partial charge in [-0.15, -0.1) is 11.3 Å². The minimum atomic E-state index is -0.198. The minimum absolute atomic E-state index is 0.0777. The van der Waals surface area contributed by atoms with Crippen LogP contribution < -0.4 is 24.8 Å². The number of hydrogen-bond acceptors (Lipinski definition) is 8. The van der Waals surface area contributed by atoms with E-state index in [1.807, 2.05) is 47.5 Å². The molecule has 0 spiro atoms. The third-order valence-corrected chi connectivity index (χ3v) is 7.00. The molecular formula is C25H28N4O5S. The Balaban J connectivity index is 1.34. The highest BCUT2D eigenvalue weighted by atomic mass is 32.1. The number of hydrogen-bond donors (Lipinski definition) is 1. The number of nitrogens with zero attached hydrogens (tertiary/aromatic N) is 3. The van der Waals surface area contributed by atoms with Crippen LogP contribution in [-0.4, -0.2) is 55.4 Å². The molecule has 0 unspecified atom stereocenters. The van der Waals surface area contributed by atoms with Crippen molar-refractivity contribution in [3.8, 4) is 11.5 Å². The first kappa shape index (κ1) is 23.4. The van der Waals surface area contributed by atoms with Crippen LogP contribution in [0.2, 0.25) is 0 Å². The zero-order valence-corrected chi connectivity index (χ0v) is 20.4. The number of carbonyl (C=O) groups excluding carboxylic acids is 1. The number of aromatic nitrogens is 2. The SMILES string of the molecule is Cc1nc(N2CCOCC2)[nH]c(=O)c1CCC(=O)N(Cc1cccs1)c1ccc2c(c1)OCCO2. The van der Waals surface area contributed by atoms with Crippen molar-refractivity contribution in [2.45, 2.75) is 26.3 Å². The first-order chi connectivity index (χ1) is 17.1. The Hall–Kier alpha value is -3.37. The lowest BCUT2D eigenvalue weighted by molar-refractivity contribution is -0.118. The number of benzene rings is 1. The molecule has 0 radical (unpaired) electrons. The first-order valence-corrected chi connectivity index (χ1v) is 12.6. The molecule has 1 fully saturated rings. The lowest BCUT2D eigenvalue weighted by Gasteiger charge is -2.27. The molecular weight excluding hydrogens is 468 g/mol. The summed E-state index contributed by atoms with van der Waals surface area (Å²) in [6, 6.07) is 9.53. The van der Waals surface area contributed by atoms with Crippen LogP contribution in [-0.2, 0) is 22.5 Å². The zero-order valence-electron chi connectivity index (χ0n) is 19.6. The van der Waals surface area contributed by atoms with Crippen molar-refractivity contribution >= 4 is 28.9 Å². The molecule has 5 rings (SSSR count). The summed E-state index contributed by atoms with van der Waals surface area (Å²) >= 11 is 1.60. The summed E-state index contributed by atoms with van der Waals surface area (Å²) in [5.41, 5.74) is 1.72. The topological polar surface area (TPSA) is 97.0 Å². The van der Waals surface area contributed by atoms with Gasteiger partial charge in [0.2, 0.25) is 11.9 Å². The average molecular weight is 497 g/mol. The van der Waals surface area contributed by atoms with Gasteiger partial charge in [-0.3, -0.25) is 14.6 Å². The molecule has 1 saturated heterocycles. The van der Waals surface area contributed by atoms with Gasteiger partial charge < -0.3 is 24.0 Å². The summed E-state index contributed by atoms with van der Waals surface area (Å²) in [6.45, 7) is 5.85. The lowest BCUT2D eigenvalue weighted by Crippen LogP contribution is -2.38. The van der Waals surface area contributed by atoms with E-state index in [1.54, 1.807) is 16.2 Å². The van der Waals surface area contributed by atoms with Crippen LogP contribution in [0.15, 0.2) is 40.5 Å².